The molecule has 1 unspecified atom stereocenters. The fourth-order valence-electron chi connectivity index (χ4n) is 1.59. The first-order valence-electron chi connectivity index (χ1n) is 4.81. The Morgan fingerprint density at radius 3 is 3.00 bits per heavy atom. The zero-order chi connectivity index (χ0) is 9.84. The van der Waals surface area contributed by atoms with Crippen LogP contribution in [-0.4, -0.2) is 41.1 Å². The van der Waals surface area contributed by atoms with Crippen LogP contribution >= 0.6 is 0 Å². The Bertz CT molecular complexity index is 182. The number of piperidine rings is 1. The molecule has 1 aliphatic heterocycles. The second kappa shape index (κ2) is 4.58. The maximum atomic E-state index is 11.5. The highest BCUT2D eigenvalue weighted by molar-refractivity contribution is 5.76. The van der Waals surface area contributed by atoms with Gasteiger partial charge in [0.1, 0.15) is 0 Å². The summed E-state index contributed by atoms with van der Waals surface area (Å²) in [5.74, 6) is 0.0637. The van der Waals surface area contributed by atoms with Crippen molar-refractivity contribution < 1.29 is 9.90 Å². The Labute approximate surface area is 78.7 Å². The number of aliphatic hydroxyl groups excluding tert-OH is 1. The first kappa shape index (κ1) is 10.5. The van der Waals surface area contributed by atoms with Crippen LogP contribution in [-0.2, 0) is 4.79 Å². The number of hydrogen-bond donors (Lipinski definition) is 2. The van der Waals surface area contributed by atoms with Gasteiger partial charge in [-0.3, -0.25) is 4.79 Å². The van der Waals surface area contributed by atoms with Crippen molar-refractivity contribution in [2.24, 2.45) is 5.73 Å². The number of likely N-dealkylation sites (tertiary alicyclic amines) is 1. The van der Waals surface area contributed by atoms with Crippen LogP contribution in [0.5, 0.6) is 0 Å². The van der Waals surface area contributed by atoms with Gasteiger partial charge in [0.25, 0.3) is 0 Å². The molecule has 0 spiro atoms. The second-order valence-electron chi connectivity index (χ2n) is 3.82. The lowest BCUT2D eigenvalue weighted by Crippen LogP contribution is -2.43. The van der Waals surface area contributed by atoms with E-state index in [0.717, 1.165) is 19.4 Å². The Kier molecular flexibility index (Phi) is 3.69. The standard InChI is InChI=1S/C9H18N2O2/c1-7(10)5-9(13)11-4-2-3-8(12)6-11/h7-8,12H,2-6,10H2,1H3/t7?,8-/m0/s1. The third kappa shape index (κ3) is 3.32. The van der Waals surface area contributed by atoms with E-state index in [0.29, 0.717) is 13.0 Å². The van der Waals surface area contributed by atoms with E-state index in [1.165, 1.54) is 0 Å². The van der Waals surface area contributed by atoms with Crippen molar-refractivity contribution in [3.63, 3.8) is 0 Å². The molecule has 1 heterocycles. The van der Waals surface area contributed by atoms with Gasteiger partial charge in [-0.15, -0.1) is 0 Å². The van der Waals surface area contributed by atoms with Crippen LogP contribution in [0, 0.1) is 0 Å². The van der Waals surface area contributed by atoms with E-state index < -0.39 is 0 Å². The summed E-state index contributed by atoms with van der Waals surface area (Å²) in [5, 5.41) is 9.34. The molecule has 3 N–H and O–H groups in total. The van der Waals surface area contributed by atoms with Crippen molar-refractivity contribution in [3.8, 4) is 0 Å². The number of carbonyl (C=O) groups excluding carboxylic acids is 1. The van der Waals surface area contributed by atoms with E-state index in [2.05, 4.69) is 0 Å². The molecule has 1 fully saturated rings. The van der Waals surface area contributed by atoms with Gasteiger partial charge in [-0.25, -0.2) is 0 Å². The molecule has 0 saturated carbocycles. The molecule has 4 heteroatoms. The van der Waals surface area contributed by atoms with Crippen LogP contribution < -0.4 is 5.73 Å². The minimum absolute atomic E-state index is 0.0637. The topological polar surface area (TPSA) is 66.6 Å². The Morgan fingerprint density at radius 1 is 1.77 bits per heavy atom. The molecular formula is C9H18N2O2. The molecule has 1 saturated heterocycles. The Balaban J connectivity index is 2.37. The highest BCUT2D eigenvalue weighted by atomic mass is 16.3. The van der Waals surface area contributed by atoms with Gasteiger partial charge < -0.3 is 15.7 Å². The maximum absolute atomic E-state index is 11.5. The van der Waals surface area contributed by atoms with Crippen LogP contribution in [0.25, 0.3) is 0 Å². The van der Waals surface area contributed by atoms with Crippen molar-refractivity contribution in [2.45, 2.75) is 38.3 Å². The Hall–Kier alpha value is -0.610. The van der Waals surface area contributed by atoms with E-state index in [1.54, 1.807) is 4.90 Å². The molecule has 0 aromatic carbocycles. The molecule has 0 radical (unpaired) electrons. The summed E-state index contributed by atoms with van der Waals surface area (Å²) < 4.78 is 0. The second-order valence-corrected chi connectivity index (χ2v) is 3.82. The third-order valence-corrected chi connectivity index (χ3v) is 2.25. The molecular weight excluding hydrogens is 168 g/mol. The normalized spacial score (nSPS) is 25.8. The van der Waals surface area contributed by atoms with Gasteiger partial charge in [0.2, 0.25) is 5.91 Å². The molecule has 0 aliphatic carbocycles. The number of rotatable bonds is 2. The SMILES string of the molecule is CC(N)CC(=O)N1CCC[C@H](O)C1. The van der Waals surface area contributed by atoms with Gasteiger partial charge in [0.15, 0.2) is 0 Å². The predicted molar refractivity (Wildman–Crippen MR) is 50.1 cm³/mol. The number of β-amino-alcohol motifs (C(OH)–C–C–N with tert-alkyl or cyclic N) is 1. The van der Waals surface area contributed by atoms with E-state index in [1.807, 2.05) is 6.92 Å². The molecule has 4 nitrogen and oxygen atoms in total. The maximum Gasteiger partial charge on any atom is 0.224 e. The largest absolute Gasteiger partial charge is 0.391 e. The first-order valence-corrected chi connectivity index (χ1v) is 4.81. The summed E-state index contributed by atoms with van der Waals surface area (Å²) >= 11 is 0. The average molecular weight is 186 g/mol. The van der Waals surface area contributed by atoms with E-state index in [4.69, 9.17) is 5.73 Å². The van der Waals surface area contributed by atoms with Crippen LogP contribution in [0.3, 0.4) is 0 Å². The average Bonchev–Trinajstić information content (AvgIpc) is 2.03. The summed E-state index contributed by atoms with van der Waals surface area (Å²) in [6.07, 6.45) is 1.74. The van der Waals surface area contributed by atoms with Crippen LogP contribution in [0.1, 0.15) is 26.2 Å². The zero-order valence-electron chi connectivity index (χ0n) is 8.07. The minimum atomic E-state index is -0.342. The highest BCUT2D eigenvalue weighted by Crippen LogP contribution is 2.11. The van der Waals surface area contributed by atoms with Gasteiger partial charge in [0, 0.05) is 25.6 Å². The van der Waals surface area contributed by atoms with Gasteiger partial charge >= 0.3 is 0 Å². The lowest BCUT2D eigenvalue weighted by molar-refractivity contribution is -0.134. The minimum Gasteiger partial charge on any atom is -0.391 e. The number of nitrogens with two attached hydrogens (primary N) is 1. The number of aliphatic hydroxyl groups is 1. The first-order chi connectivity index (χ1) is 6.09. The van der Waals surface area contributed by atoms with Gasteiger partial charge in [0.05, 0.1) is 6.10 Å². The molecule has 2 atom stereocenters. The van der Waals surface area contributed by atoms with Crippen molar-refractivity contribution >= 4 is 5.91 Å². The number of nitrogens with zero attached hydrogens (tertiary/aromatic N) is 1. The smallest absolute Gasteiger partial charge is 0.224 e. The summed E-state index contributed by atoms with van der Waals surface area (Å²) in [6, 6.07) is -0.0911. The molecule has 76 valence electrons. The Morgan fingerprint density at radius 2 is 2.46 bits per heavy atom. The molecule has 1 aliphatic rings. The summed E-state index contributed by atoms with van der Waals surface area (Å²) in [5.41, 5.74) is 5.52. The van der Waals surface area contributed by atoms with Gasteiger partial charge in [-0.1, -0.05) is 0 Å². The summed E-state index contributed by atoms with van der Waals surface area (Å²) in [6.45, 7) is 3.06. The molecule has 0 aromatic heterocycles. The predicted octanol–water partition coefficient (Wildman–Crippen LogP) is -0.293. The summed E-state index contributed by atoms with van der Waals surface area (Å²) in [7, 11) is 0. The number of hydrogen-bond acceptors (Lipinski definition) is 3. The van der Waals surface area contributed by atoms with Crippen molar-refractivity contribution in [1.29, 1.82) is 0 Å². The summed E-state index contributed by atoms with van der Waals surface area (Å²) in [4.78, 5) is 13.2. The molecule has 13 heavy (non-hydrogen) atoms. The molecule has 0 aromatic rings. The third-order valence-electron chi connectivity index (χ3n) is 2.25. The van der Waals surface area contributed by atoms with Crippen molar-refractivity contribution in [2.75, 3.05) is 13.1 Å². The van der Waals surface area contributed by atoms with Gasteiger partial charge in [-0.05, 0) is 19.8 Å². The van der Waals surface area contributed by atoms with Crippen LogP contribution in [0.2, 0.25) is 0 Å². The van der Waals surface area contributed by atoms with Crippen LogP contribution in [0.4, 0.5) is 0 Å². The van der Waals surface area contributed by atoms with E-state index in [-0.39, 0.29) is 18.1 Å². The molecule has 0 bridgehead atoms. The quantitative estimate of drug-likeness (QED) is 0.622. The van der Waals surface area contributed by atoms with Crippen LogP contribution in [0.15, 0.2) is 0 Å². The fourth-order valence-corrected chi connectivity index (χ4v) is 1.59. The van der Waals surface area contributed by atoms with E-state index in [9.17, 15) is 9.90 Å². The van der Waals surface area contributed by atoms with Gasteiger partial charge in [-0.2, -0.15) is 0 Å². The zero-order valence-corrected chi connectivity index (χ0v) is 8.07. The number of carbonyl (C=O) groups is 1. The molecule has 1 amide bonds. The fraction of sp³-hybridized carbons (Fsp3) is 0.889. The highest BCUT2D eigenvalue weighted by Gasteiger charge is 2.22. The van der Waals surface area contributed by atoms with Crippen molar-refractivity contribution in [1.82, 2.24) is 4.90 Å². The molecule has 1 rings (SSSR count). The van der Waals surface area contributed by atoms with Crippen molar-refractivity contribution in [3.05, 3.63) is 0 Å². The van der Waals surface area contributed by atoms with E-state index >= 15 is 0 Å². The lowest BCUT2D eigenvalue weighted by atomic mass is 10.1. The number of amides is 1. The lowest BCUT2D eigenvalue weighted by Gasteiger charge is -2.30. The monoisotopic (exact) mass is 186 g/mol.